The summed E-state index contributed by atoms with van der Waals surface area (Å²) < 4.78 is 5.19. The maximum Gasteiger partial charge on any atom is 0.142 e. The molecular weight excluding hydrogens is 166 g/mol. The van der Waals surface area contributed by atoms with Crippen molar-refractivity contribution in [3.8, 4) is 5.75 Å². The van der Waals surface area contributed by atoms with Gasteiger partial charge in [0.1, 0.15) is 5.75 Å². The van der Waals surface area contributed by atoms with E-state index in [0.29, 0.717) is 0 Å². The molecule has 1 unspecified atom stereocenters. The summed E-state index contributed by atoms with van der Waals surface area (Å²) in [5, 5.41) is 12.9. The molecule has 3 heteroatoms. The lowest BCUT2D eigenvalue weighted by atomic mass is 10.0. The Bertz CT molecular complexity index is 312. The van der Waals surface area contributed by atoms with Gasteiger partial charge in [0.2, 0.25) is 0 Å². The Balaban J connectivity index is 2.48. The Kier molecular flexibility index (Phi) is 2.10. The predicted molar refractivity (Wildman–Crippen MR) is 51.1 cm³/mol. The topological polar surface area (TPSA) is 41.5 Å². The molecule has 3 nitrogen and oxygen atoms in total. The minimum atomic E-state index is -0.355. The van der Waals surface area contributed by atoms with Crippen molar-refractivity contribution in [2.24, 2.45) is 0 Å². The number of aliphatic hydroxyl groups is 1. The van der Waals surface area contributed by atoms with Crippen LogP contribution in [0.15, 0.2) is 18.2 Å². The van der Waals surface area contributed by atoms with Crippen LogP contribution in [0, 0.1) is 0 Å². The van der Waals surface area contributed by atoms with Crippen LogP contribution in [0.5, 0.6) is 5.75 Å². The van der Waals surface area contributed by atoms with Crippen LogP contribution in [0.25, 0.3) is 0 Å². The van der Waals surface area contributed by atoms with Crippen LogP contribution in [0.1, 0.15) is 18.1 Å². The molecule has 0 aromatic heterocycles. The van der Waals surface area contributed by atoms with E-state index in [2.05, 4.69) is 5.32 Å². The van der Waals surface area contributed by atoms with E-state index in [4.69, 9.17) is 4.74 Å². The molecule has 2 rings (SSSR count). The van der Waals surface area contributed by atoms with Gasteiger partial charge in [-0.25, -0.2) is 0 Å². The highest BCUT2D eigenvalue weighted by atomic mass is 16.5. The number of hydrogen-bond acceptors (Lipinski definition) is 3. The van der Waals surface area contributed by atoms with Crippen LogP contribution < -0.4 is 10.1 Å². The highest BCUT2D eigenvalue weighted by Gasteiger charge is 2.19. The maximum absolute atomic E-state index is 9.69. The number of aliphatic hydroxyl groups excluding tert-OH is 1. The van der Waals surface area contributed by atoms with Crippen LogP contribution in [-0.2, 0) is 0 Å². The first-order valence-electron chi connectivity index (χ1n) is 4.42. The van der Waals surface area contributed by atoms with Gasteiger partial charge in [0.05, 0.1) is 18.9 Å². The lowest BCUT2D eigenvalue weighted by molar-refractivity contribution is 0.168. The average molecular weight is 179 g/mol. The van der Waals surface area contributed by atoms with Gasteiger partial charge in [0.25, 0.3) is 0 Å². The van der Waals surface area contributed by atoms with E-state index >= 15 is 0 Å². The molecule has 1 atom stereocenters. The minimum Gasteiger partial charge on any atom is -0.495 e. The first-order valence-corrected chi connectivity index (χ1v) is 4.42. The highest BCUT2D eigenvalue weighted by molar-refractivity contribution is 5.64. The van der Waals surface area contributed by atoms with Gasteiger partial charge in [-0.2, -0.15) is 0 Å². The van der Waals surface area contributed by atoms with Crippen molar-refractivity contribution in [1.29, 1.82) is 0 Å². The van der Waals surface area contributed by atoms with E-state index in [9.17, 15) is 5.11 Å². The number of rotatable bonds is 1. The number of para-hydroxylation sites is 1. The van der Waals surface area contributed by atoms with Gasteiger partial charge < -0.3 is 15.2 Å². The quantitative estimate of drug-likeness (QED) is 0.687. The van der Waals surface area contributed by atoms with Crippen molar-refractivity contribution in [2.75, 3.05) is 19.0 Å². The number of benzene rings is 1. The van der Waals surface area contributed by atoms with Crippen LogP contribution in [0.4, 0.5) is 5.69 Å². The molecule has 0 fully saturated rings. The maximum atomic E-state index is 9.69. The van der Waals surface area contributed by atoms with Gasteiger partial charge in [-0.05, 0) is 12.5 Å². The van der Waals surface area contributed by atoms with Crippen molar-refractivity contribution >= 4 is 5.69 Å². The molecule has 0 aliphatic carbocycles. The average Bonchev–Trinajstić information content (AvgIpc) is 2.18. The molecule has 1 aliphatic rings. The van der Waals surface area contributed by atoms with Gasteiger partial charge >= 0.3 is 0 Å². The van der Waals surface area contributed by atoms with Crippen molar-refractivity contribution in [3.63, 3.8) is 0 Å². The third-order valence-corrected chi connectivity index (χ3v) is 2.36. The molecule has 70 valence electrons. The fraction of sp³-hybridized carbons (Fsp3) is 0.400. The van der Waals surface area contributed by atoms with Crippen molar-refractivity contribution < 1.29 is 9.84 Å². The Morgan fingerprint density at radius 1 is 1.54 bits per heavy atom. The number of anilines is 1. The summed E-state index contributed by atoms with van der Waals surface area (Å²) in [6.07, 6.45) is 0.409. The van der Waals surface area contributed by atoms with E-state index in [0.717, 1.165) is 30.0 Å². The smallest absolute Gasteiger partial charge is 0.142 e. The highest BCUT2D eigenvalue weighted by Crippen LogP contribution is 2.36. The van der Waals surface area contributed by atoms with E-state index in [1.54, 1.807) is 7.11 Å². The lowest BCUT2D eigenvalue weighted by Gasteiger charge is -2.24. The molecule has 0 radical (unpaired) electrons. The molecule has 1 aliphatic heterocycles. The standard InChI is InChI=1S/C10H13NO2/c1-13-9-4-2-3-7-8(12)5-6-11-10(7)9/h2-4,8,11-12H,5-6H2,1H3. The molecule has 0 saturated heterocycles. The zero-order valence-corrected chi connectivity index (χ0v) is 7.58. The summed E-state index contributed by atoms with van der Waals surface area (Å²) in [6, 6.07) is 5.71. The van der Waals surface area contributed by atoms with Gasteiger partial charge in [-0.15, -0.1) is 0 Å². The fourth-order valence-electron chi connectivity index (χ4n) is 1.67. The number of fused-ring (bicyclic) bond motifs is 1. The number of hydrogen-bond donors (Lipinski definition) is 2. The predicted octanol–water partition coefficient (Wildman–Crippen LogP) is 1.54. The second-order valence-electron chi connectivity index (χ2n) is 3.16. The third kappa shape index (κ3) is 1.35. The fourth-order valence-corrected chi connectivity index (χ4v) is 1.67. The zero-order valence-electron chi connectivity index (χ0n) is 7.58. The summed E-state index contributed by atoms with van der Waals surface area (Å²) in [6.45, 7) is 0.800. The summed E-state index contributed by atoms with van der Waals surface area (Å²) in [4.78, 5) is 0. The van der Waals surface area contributed by atoms with E-state index in [-0.39, 0.29) is 6.10 Å². The second-order valence-corrected chi connectivity index (χ2v) is 3.16. The number of ether oxygens (including phenoxy) is 1. The minimum absolute atomic E-state index is 0.355. The van der Waals surface area contributed by atoms with E-state index in [1.807, 2.05) is 18.2 Å². The largest absolute Gasteiger partial charge is 0.495 e. The monoisotopic (exact) mass is 179 g/mol. The van der Waals surface area contributed by atoms with Crippen LogP contribution in [-0.4, -0.2) is 18.8 Å². The molecule has 1 aromatic rings. The molecular formula is C10H13NO2. The Hall–Kier alpha value is -1.22. The zero-order chi connectivity index (χ0) is 9.26. The second kappa shape index (κ2) is 3.26. The van der Waals surface area contributed by atoms with Crippen molar-refractivity contribution in [1.82, 2.24) is 0 Å². The number of nitrogens with one attached hydrogen (secondary N) is 1. The molecule has 1 aromatic carbocycles. The lowest BCUT2D eigenvalue weighted by Crippen LogP contribution is -2.16. The SMILES string of the molecule is COc1cccc2c1NCCC2O. The molecule has 13 heavy (non-hydrogen) atoms. The number of methoxy groups -OCH3 is 1. The van der Waals surface area contributed by atoms with Crippen molar-refractivity contribution in [3.05, 3.63) is 23.8 Å². The third-order valence-electron chi connectivity index (χ3n) is 2.36. The molecule has 1 heterocycles. The Labute approximate surface area is 77.3 Å². The first-order chi connectivity index (χ1) is 6.33. The van der Waals surface area contributed by atoms with Crippen LogP contribution >= 0.6 is 0 Å². The molecule has 0 spiro atoms. The van der Waals surface area contributed by atoms with E-state index in [1.165, 1.54) is 0 Å². The molecule has 0 amide bonds. The normalized spacial score (nSPS) is 20.3. The molecule has 2 N–H and O–H groups in total. The molecule has 0 saturated carbocycles. The van der Waals surface area contributed by atoms with Gasteiger partial charge in [0, 0.05) is 12.1 Å². The summed E-state index contributed by atoms with van der Waals surface area (Å²) in [7, 11) is 1.64. The molecule has 0 bridgehead atoms. The summed E-state index contributed by atoms with van der Waals surface area (Å²) in [5.41, 5.74) is 1.87. The van der Waals surface area contributed by atoms with E-state index < -0.39 is 0 Å². The van der Waals surface area contributed by atoms with Gasteiger partial charge in [-0.1, -0.05) is 12.1 Å². The van der Waals surface area contributed by atoms with Crippen molar-refractivity contribution in [2.45, 2.75) is 12.5 Å². The Morgan fingerprint density at radius 3 is 3.15 bits per heavy atom. The summed E-state index contributed by atoms with van der Waals surface area (Å²) in [5.74, 6) is 0.802. The van der Waals surface area contributed by atoms with Crippen LogP contribution in [0.2, 0.25) is 0 Å². The van der Waals surface area contributed by atoms with Gasteiger partial charge in [0.15, 0.2) is 0 Å². The Morgan fingerprint density at radius 2 is 2.38 bits per heavy atom. The van der Waals surface area contributed by atoms with Crippen LogP contribution in [0.3, 0.4) is 0 Å². The van der Waals surface area contributed by atoms with Gasteiger partial charge in [-0.3, -0.25) is 0 Å². The summed E-state index contributed by atoms with van der Waals surface area (Å²) >= 11 is 0. The first kappa shape index (κ1) is 8.38.